The van der Waals surface area contributed by atoms with E-state index in [1.165, 1.54) is 26.7 Å². The number of methoxy groups -OCH3 is 1. The van der Waals surface area contributed by atoms with Crippen LogP contribution in [-0.2, 0) is 6.42 Å². The van der Waals surface area contributed by atoms with Crippen molar-refractivity contribution in [3.05, 3.63) is 77.3 Å². The molecule has 0 aromatic heterocycles. The summed E-state index contributed by atoms with van der Waals surface area (Å²) in [6, 6.07) is 23.2. The number of benzene rings is 3. The van der Waals surface area contributed by atoms with E-state index in [0.29, 0.717) is 0 Å². The van der Waals surface area contributed by atoms with Gasteiger partial charge in [-0.2, -0.15) is 0 Å². The van der Waals surface area contributed by atoms with E-state index in [2.05, 4.69) is 65.4 Å². The van der Waals surface area contributed by atoms with Crippen LogP contribution in [-0.4, -0.2) is 38.7 Å². The molecule has 0 bridgehead atoms. The van der Waals surface area contributed by atoms with Crippen molar-refractivity contribution < 1.29 is 4.74 Å². The molecule has 1 aliphatic heterocycles. The summed E-state index contributed by atoms with van der Waals surface area (Å²) in [4.78, 5) is 7.41. The molecular weight excluding hydrogens is 412 g/mol. The van der Waals surface area contributed by atoms with Crippen molar-refractivity contribution in [3.8, 4) is 5.75 Å². The topological polar surface area (TPSA) is 15.7 Å². The van der Waals surface area contributed by atoms with Crippen molar-refractivity contribution in [1.29, 1.82) is 0 Å². The highest BCUT2D eigenvalue weighted by Crippen LogP contribution is 2.48. The Bertz CT molecular complexity index is 993. The summed E-state index contributed by atoms with van der Waals surface area (Å²) in [6.45, 7) is 3.07. The molecule has 5 heteroatoms. The van der Waals surface area contributed by atoms with Crippen molar-refractivity contribution in [2.75, 3.05) is 38.7 Å². The summed E-state index contributed by atoms with van der Waals surface area (Å²) in [5, 5.41) is 0.787. The smallest absolute Gasteiger partial charge is 0.118 e. The van der Waals surface area contributed by atoms with Gasteiger partial charge in [0.1, 0.15) is 5.75 Å². The van der Waals surface area contributed by atoms with Gasteiger partial charge in [0.05, 0.1) is 18.5 Å². The maximum atomic E-state index is 6.32. The van der Waals surface area contributed by atoms with Crippen molar-refractivity contribution in [1.82, 2.24) is 4.90 Å². The van der Waals surface area contributed by atoms with Crippen LogP contribution in [0.15, 0.2) is 76.5 Å². The number of anilines is 2. The SMILES string of the molecule is COc1ccc(CCN(C)CCCN2c3ccccc3Sc3ccc(Cl)cc32)cc1. The van der Waals surface area contributed by atoms with E-state index in [1.807, 2.05) is 30.0 Å². The quantitative estimate of drug-likeness (QED) is 0.397. The number of likely N-dealkylation sites (N-methyl/N-ethyl adjacent to an activating group) is 1. The van der Waals surface area contributed by atoms with Crippen molar-refractivity contribution >= 4 is 34.7 Å². The summed E-state index contributed by atoms with van der Waals surface area (Å²) < 4.78 is 5.24. The highest BCUT2D eigenvalue weighted by molar-refractivity contribution is 7.99. The predicted octanol–water partition coefficient (Wildman–Crippen LogP) is 6.52. The van der Waals surface area contributed by atoms with E-state index in [9.17, 15) is 0 Å². The van der Waals surface area contributed by atoms with E-state index in [0.717, 1.165) is 43.2 Å². The van der Waals surface area contributed by atoms with Crippen LogP contribution in [0.3, 0.4) is 0 Å². The molecule has 156 valence electrons. The van der Waals surface area contributed by atoms with Gasteiger partial charge in [0, 0.05) is 27.9 Å². The molecule has 0 amide bonds. The minimum absolute atomic E-state index is 0.787. The largest absolute Gasteiger partial charge is 0.497 e. The van der Waals surface area contributed by atoms with Crippen LogP contribution in [0.2, 0.25) is 5.02 Å². The first-order valence-corrected chi connectivity index (χ1v) is 11.5. The van der Waals surface area contributed by atoms with Crippen molar-refractivity contribution in [2.24, 2.45) is 0 Å². The average Bonchev–Trinajstić information content (AvgIpc) is 2.78. The Kier molecular flexibility index (Phi) is 6.88. The molecule has 30 heavy (non-hydrogen) atoms. The van der Waals surface area contributed by atoms with Crippen LogP contribution in [0, 0.1) is 0 Å². The van der Waals surface area contributed by atoms with Gasteiger partial charge in [0.25, 0.3) is 0 Å². The Morgan fingerprint density at radius 3 is 2.50 bits per heavy atom. The predicted molar refractivity (Wildman–Crippen MR) is 128 cm³/mol. The van der Waals surface area contributed by atoms with Gasteiger partial charge in [0.2, 0.25) is 0 Å². The Hall–Kier alpha value is -2.14. The lowest BCUT2D eigenvalue weighted by Gasteiger charge is -2.33. The number of fused-ring (bicyclic) bond motifs is 2. The molecule has 0 radical (unpaired) electrons. The second kappa shape index (κ2) is 9.78. The molecule has 1 heterocycles. The van der Waals surface area contributed by atoms with Gasteiger partial charge >= 0.3 is 0 Å². The van der Waals surface area contributed by atoms with E-state index in [1.54, 1.807) is 7.11 Å². The standard InChI is InChI=1S/C25H27ClN2OS/c1-27(17-14-19-8-11-21(29-2)12-9-19)15-5-16-28-22-6-3-4-7-24(22)30-25-13-10-20(26)18-23(25)28/h3-4,6-13,18H,5,14-17H2,1-2H3. The maximum absolute atomic E-state index is 6.32. The lowest BCUT2D eigenvalue weighted by molar-refractivity contribution is 0.335. The Morgan fingerprint density at radius 2 is 1.70 bits per heavy atom. The molecule has 1 aliphatic rings. The van der Waals surface area contributed by atoms with Crippen LogP contribution >= 0.6 is 23.4 Å². The molecule has 0 unspecified atom stereocenters. The van der Waals surface area contributed by atoms with Crippen LogP contribution in [0.25, 0.3) is 0 Å². The summed E-state index contributed by atoms with van der Waals surface area (Å²) in [5.41, 5.74) is 3.83. The zero-order chi connectivity index (χ0) is 20.9. The molecular formula is C25H27ClN2OS. The molecule has 0 N–H and O–H groups in total. The fourth-order valence-corrected chi connectivity index (χ4v) is 5.01. The first-order chi connectivity index (χ1) is 14.6. The van der Waals surface area contributed by atoms with Gasteiger partial charge in [-0.25, -0.2) is 0 Å². The number of rotatable bonds is 8. The number of para-hydroxylation sites is 1. The number of hydrogen-bond donors (Lipinski definition) is 0. The third-order valence-corrected chi connectivity index (χ3v) is 6.82. The molecule has 0 saturated heterocycles. The monoisotopic (exact) mass is 438 g/mol. The summed E-state index contributed by atoms with van der Waals surface area (Å²) in [7, 11) is 3.91. The molecule has 3 aromatic carbocycles. The van der Waals surface area contributed by atoms with Gasteiger partial charge < -0.3 is 14.5 Å². The van der Waals surface area contributed by atoms with Crippen molar-refractivity contribution in [2.45, 2.75) is 22.6 Å². The van der Waals surface area contributed by atoms with Crippen LogP contribution in [0.1, 0.15) is 12.0 Å². The second-order valence-electron chi connectivity index (χ2n) is 7.59. The van der Waals surface area contributed by atoms with Gasteiger partial charge in [0.15, 0.2) is 0 Å². The summed E-state index contributed by atoms with van der Waals surface area (Å²) >= 11 is 8.14. The molecule has 4 rings (SSSR count). The molecule has 0 aliphatic carbocycles. The lowest BCUT2D eigenvalue weighted by Crippen LogP contribution is -2.28. The summed E-state index contributed by atoms with van der Waals surface area (Å²) in [6.07, 6.45) is 2.13. The fraction of sp³-hybridized carbons (Fsp3) is 0.280. The highest BCUT2D eigenvalue weighted by atomic mass is 35.5. The van der Waals surface area contributed by atoms with E-state index >= 15 is 0 Å². The maximum Gasteiger partial charge on any atom is 0.118 e. The molecule has 3 aromatic rings. The Morgan fingerprint density at radius 1 is 0.933 bits per heavy atom. The minimum atomic E-state index is 0.787. The van der Waals surface area contributed by atoms with E-state index in [4.69, 9.17) is 16.3 Å². The van der Waals surface area contributed by atoms with Crippen LogP contribution in [0.4, 0.5) is 11.4 Å². The Balaban J connectivity index is 1.36. The first-order valence-electron chi connectivity index (χ1n) is 10.3. The zero-order valence-corrected chi connectivity index (χ0v) is 19.0. The first kappa shape index (κ1) is 21.1. The normalized spacial score (nSPS) is 12.6. The van der Waals surface area contributed by atoms with Gasteiger partial charge in [-0.1, -0.05) is 47.6 Å². The highest BCUT2D eigenvalue weighted by Gasteiger charge is 2.23. The molecule has 3 nitrogen and oxygen atoms in total. The second-order valence-corrected chi connectivity index (χ2v) is 9.11. The number of nitrogens with zero attached hydrogens (tertiary/aromatic N) is 2. The number of halogens is 1. The van der Waals surface area contributed by atoms with E-state index < -0.39 is 0 Å². The third kappa shape index (κ3) is 4.94. The minimum Gasteiger partial charge on any atom is -0.497 e. The van der Waals surface area contributed by atoms with Gasteiger partial charge in [-0.3, -0.25) is 0 Å². The molecule has 0 atom stereocenters. The van der Waals surface area contributed by atoms with Crippen LogP contribution in [0.5, 0.6) is 5.75 Å². The average molecular weight is 439 g/mol. The van der Waals surface area contributed by atoms with E-state index in [-0.39, 0.29) is 0 Å². The van der Waals surface area contributed by atoms with Gasteiger partial charge in [-0.15, -0.1) is 0 Å². The number of hydrogen-bond acceptors (Lipinski definition) is 4. The lowest BCUT2D eigenvalue weighted by atomic mass is 10.1. The summed E-state index contributed by atoms with van der Waals surface area (Å²) in [5.74, 6) is 0.910. The Labute approximate surface area is 188 Å². The van der Waals surface area contributed by atoms with Crippen molar-refractivity contribution in [3.63, 3.8) is 0 Å². The molecule has 0 spiro atoms. The van der Waals surface area contributed by atoms with Crippen LogP contribution < -0.4 is 9.64 Å². The van der Waals surface area contributed by atoms with Gasteiger partial charge in [-0.05, 0) is 74.5 Å². The number of ether oxygens (including phenoxy) is 1. The zero-order valence-electron chi connectivity index (χ0n) is 17.5. The molecule has 0 saturated carbocycles. The molecule has 0 fully saturated rings. The third-order valence-electron chi connectivity index (χ3n) is 5.45. The fourth-order valence-electron chi connectivity index (χ4n) is 3.77.